The highest BCUT2D eigenvalue weighted by Gasteiger charge is 2.26. The molecule has 0 amide bonds. The van der Waals surface area contributed by atoms with Crippen molar-refractivity contribution in [2.75, 3.05) is 0 Å². The number of nitrogens with zero attached hydrogens (tertiary/aromatic N) is 11. The zero-order valence-electron chi connectivity index (χ0n) is 70.8. The second kappa shape index (κ2) is 32.8. The van der Waals surface area contributed by atoms with Crippen LogP contribution in [0.5, 0.6) is 0 Å². The molecule has 11 nitrogen and oxygen atoms in total. The highest BCUT2D eigenvalue weighted by atomic mass is 32.1. The molecule has 27 rings (SSSR count). The van der Waals surface area contributed by atoms with Crippen molar-refractivity contribution in [1.29, 1.82) is 0 Å². The number of para-hydroxylation sites is 4. The van der Waals surface area contributed by atoms with Crippen LogP contribution in [0.25, 0.3) is 245 Å². The summed E-state index contributed by atoms with van der Waals surface area (Å²) in [6.45, 7) is 0. The second-order valence-corrected chi connectivity index (χ2v) is 36.0. The zero-order valence-corrected chi connectivity index (χ0v) is 73.2. The fourth-order valence-electron chi connectivity index (χ4n) is 18.8. The van der Waals surface area contributed by atoms with Crippen molar-refractivity contribution in [2.24, 2.45) is 0 Å². The van der Waals surface area contributed by atoms with E-state index >= 15 is 0 Å². The molecule has 0 aliphatic heterocycles. The number of hydrogen-bond acceptors (Lipinski definition) is 11. The van der Waals surface area contributed by atoms with E-state index in [0.29, 0.717) is 41.0 Å². The van der Waals surface area contributed by atoms with E-state index in [4.69, 9.17) is 39.9 Å². The number of aromatic nitrogens is 11. The summed E-state index contributed by atoms with van der Waals surface area (Å²) in [5.74, 6) is 4.56. The zero-order chi connectivity index (χ0) is 87.1. The molecule has 132 heavy (non-hydrogen) atoms. The monoisotopic (exact) mass is 1740 g/mol. The number of thiophene rings is 3. The third-order valence-electron chi connectivity index (χ3n) is 25.0. The van der Waals surface area contributed by atoms with Gasteiger partial charge in [-0.25, -0.2) is 29.9 Å². The van der Waals surface area contributed by atoms with Gasteiger partial charge in [-0.05, 0) is 107 Å². The minimum absolute atomic E-state index is 0.589. The van der Waals surface area contributed by atoms with Crippen LogP contribution in [0.2, 0.25) is 0 Å². The summed E-state index contributed by atoms with van der Waals surface area (Å²) in [5, 5.41) is 15.0. The number of fused-ring (bicyclic) bond motifs is 19. The molecule has 0 N–H and O–H groups in total. The molecule has 0 aliphatic rings. The Labute approximate surface area is 769 Å². The molecular weight excluding hydrogens is 1670 g/mol. The Balaban J connectivity index is 0.000000107. The summed E-state index contributed by atoms with van der Waals surface area (Å²) >= 11 is 5.53. The molecule has 0 saturated carbocycles. The fraction of sp³-hybridized carbons (Fsp3) is 0. The summed E-state index contributed by atoms with van der Waals surface area (Å²) in [4.78, 5) is 40.5. The van der Waals surface area contributed by atoms with Crippen LogP contribution in [-0.2, 0) is 0 Å². The van der Waals surface area contributed by atoms with Gasteiger partial charge in [0.05, 0.1) is 44.5 Å². The van der Waals surface area contributed by atoms with Crippen LogP contribution >= 0.6 is 34.0 Å². The molecule has 18 aromatic carbocycles. The van der Waals surface area contributed by atoms with Crippen LogP contribution in [0.4, 0.5) is 0 Å². The van der Waals surface area contributed by atoms with E-state index in [-0.39, 0.29) is 0 Å². The number of hydrogen-bond donors (Lipinski definition) is 0. The van der Waals surface area contributed by atoms with Gasteiger partial charge in [0.15, 0.2) is 29.1 Å². The first-order valence-electron chi connectivity index (χ1n) is 44.0. The van der Waals surface area contributed by atoms with Crippen molar-refractivity contribution in [2.45, 2.75) is 0 Å². The summed E-state index contributed by atoms with van der Waals surface area (Å²) in [5.41, 5.74) is 21.4. The number of benzene rings is 18. The van der Waals surface area contributed by atoms with Crippen LogP contribution in [-0.4, -0.2) is 53.6 Å². The summed E-state index contributed by atoms with van der Waals surface area (Å²) in [6.07, 6.45) is 0. The maximum absolute atomic E-state index is 5.15. The highest BCUT2D eigenvalue weighted by molar-refractivity contribution is 7.27. The maximum atomic E-state index is 5.15. The Hall–Kier alpha value is -16.9. The van der Waals surface area contributed by atoms with E-state index in [0.717, 1.165) is 100.0 Å². The fourth-order valence-corrected chi connectivity index (χ4v) is 22.5. The van der Waals surface area contributed by atoms with Crippen molar-refractivity contribution in [3.63, 3.8) is 0 Å². The lowest BCUT2D eigenvalue weighted by Crippen LogP contribution is -2.06. The molecular formula is C118H73N11S3. The van der Waals surface area contributed by atoms with Gasteiger partial charge in [0.1, 0.15) is 0 Å². The standard InChI is InChI=1S/C45H28N4S.C39H24N4S.C34H21N3S/c1-3-13-29(14-4-1)43-46-44(30-15-5-2-6-16-30)48-45(47-43)49-39-23-9-7-19-35(39)36-26-25-32(28-40(36)49)31-17-11-18-33(27-31)34-21-12-22-38-37-20-8-10-24-41(37)50-42(34)38;1-4-13-25(14-5-1)37-40-38(26-15-6-2-7-16-26)42-39(41-37)30-21-12-20-29-32-23-31-28-19-10-11-22-33(28)43(27-17-8-3-9-18-27)34(31)24-35(32)44-36(29)30;1-3-11-22(12-4-1)27-21-28(23-13-5-2-6-14-23)36-34(35-27)37-29-17-9-7-16-26(29)32-30(37)20-19-25-24-15-8-10-18-31(24)38-33(25)32/h1-28H;1-24H;1-21H. The van der Waals surface area contributed by atoms with E-state index < -0.39 is 0 Å². The Bertz CT molecular complexity index is 8980. The molecule has 0 radical (unpaired) electrons. The van der Waals surface area contributed by atoms with Gasteiger partial charge in [0.2, 0.25) is 11.9 Å². The lowest BCUT2D eigenvalue weighted by atomic mass is 9.97. The molecule has 0 saturated heterocycles. The SMILES string of the molecule is c1ccc(-c2cc(-c3ccccc3)nc(-n3c4ccccc4c4c5sc6ccccc6c5ccc43)n2)cc1.c1ccc(-c2nc(-c3ccccc3)nc(-c3cccc4c3sc3cc5c(cc34)c3ccccc3n5-c3ccccc3)n2)cc1.c1ccc(-c2nc(-c3ccccc3)nc(-n3c4ccccc4c4ccc(-c5cccc(-c6cccc7c6sc6ccccc67)c5)cc43)n2)cc1. The molecule has 14 heteroatoms. The van der Waals surface area contributed by atoms with Gasteiger partial charge >= 0.3 is 0 Å². The van der Waals surface area contributed by atoms with E-state index in [1.807, 2.05) is 156 Å². The third kappa shape index (κ3) is 13.7. The minimum atomic E-state index is 0.589. The average molecular weight is 1740 g/mol. The molecule has 0 fully saturated rings. The van der Waals surface area contributed by atoms with Gasteiger partial charge in [-0.1, -0.05) is 358 Å². The lowest BCUT2D eigenvalue weighted by Gasteiger charge is -2.12. The molecule has 618 valence electrons. The van der Waals surface area contributed by atoms with Crippen molar-refractivity contribution in [1.82, 2.24) is 53.6 Å². The Morgan fingerprint density at radius 2 is 0.530 bits per heavy atom. The molecule has 9 heterocycles. The first-order chi connectivity index (χ1) is 65.4. The molecule has 27 aromatic rings. The van der Waals surface area contributed by atoms with E-state index in [2.05, 4.69) is 323 Å². The Morgan fingerprint density at radius 1 is 0.167 bits per heavy atom. The Kier molecular flexibility index (Phi) is 19.2. The van der Waals surface area contributed by atoms with E-state index in [9.17, 15) is 0 Å². The van der Waals surface area contributed by atoms with Crippen LogP contribution in [0.1, 0.15) is 0 Å². The predicted octanol–water partition coefficient (Wildman–Crippen LogP) is 31.6. The van der Waals surface area contributed by atoms with Gasteiger partial charge in [-0.15, -0.1) is 34.0 Å². The topological polar surface area (TPSA) is 118 Å². The summed E-state index contributed by atoms with van der Waals surface area (Å²) < 4.78 is 14.5. The average Bonchev–Trinajstić information content (AvgIpc) is 1.56. The minimum Gasteiger partial charge on any atom is -0.309 e. The molecule has 0 spiro atoms. The van der Waals surface area contributed by atoms with E-state index in [1.165, 1.54) is 104 Å². The predicted molar refractivity (Wildman–Crippen MR) is 552 cm³/mol. The Morgan fingerprint density at radius 3 is 1.11 bits per heavy atom. The molecule has 0 atom stereocenters. The second-order valence-electron chi connectivity index (χ2n) is 32.8. The molecule has 0 bridgehead atoms. The smallest absolute Gasteiger partial charge is 0.238 e. The van der Waals surface area contributed by atoms with Gasteiger partial charge in [-0.3, -0.25) is 9.13 Å². The van der Waals surface area contributed by atoms with E-state index in [1.54, 1.807) is 11.3 Å². The molecule has 9 aromatic heterocycles. The normalized spacial score (nSPS) is 11.6. The van der Waals surface area contributed by atoms with Crippen LogP contribution in [0, 0.1) is 0 Å². The summed E-state index contributed by atoms with van der Waals surface area (Å²) in [7, 11) is 0. The van der Waals surface area contributed by atoms with Crippen LogP contribution < -0.4 is 0 Å². The van der Waals surface area contributed by atoms with Gasteiger partial charge in [0.25, 0.3) is 0 Å². The van der Waals surface area contributed by atoms with Crippen molar-refractivity contribution in [3.05, 3.63) is 443 Å². The summed E-state index contributed by atoms with van der Waals surface area (Å²) in [6, 6.07) is 155. The maximum Gasteiger partial charge on any atom is 0.238 e. The van der Waals surface area contributed by atoms with Crippen molar-refractivity contribution >= 4 is 160 Å². The van der Waals surface area contributed by atoms with Gasteiger partial charge in [-0.2, -0.15) is 9.97 Å². The van der Waals surface area contributed by atoms with Gasteiger partial charge < -0.3 is 4.57 Å². The van der Waals surface area contributed by atoms with Crippen LogP contribution in [0.15, 0.2) is 443 Å². The highest BCUT2D eigenvalue weighted by Crippen LogP contribution is 2.48. The quantitative estimate of drug-likeness (QED) is 0.119. The van der Waals surface area contributed by atoms with Crippen molar-refractivity contribution < 1.29 is 0 Å². The first kappa shape index (κ1) is 77.5. The lowest BCUT2D eigenvalue weighted by molar-refractivity contribution is 0.953. The third-order valence-corrected chi connectivity index (χ3v) is 28.6. The van der Waals surface area contributed by atoms with Crippen LogP contribution in [0.3, 0.4) is 0 Å². The molecule has 0 aliphatic carbocycles. The molecule has 0 unspecified atom stereocenters. The number of rotatable bonds is 12. The van der Waals surface area contributed by atoms with Gasteiger partial charge in [0, 0.05) is 137 Å². The van der Waals surface area contributed by atoms with Crippen molar-refractivity contribution in [3.8, 4) is 119 Å². The largest absolute Gasteiger partial charge is 0.309 e. The first-order valence-corrected chi connectivity index (χ1v) is 46.5.